The standard InChI is InChI=1S/C22H33N3O2/c1-18-7-4-5-8-20(18)17-24-13-10-19(16-24)15-23-21(26)11-14-25-12-6-2-3-9-22(25)27/h4-5,7-8,19H,2-3,6,9-17H2,1H3,(H,23,26)/t19-/m1/s1. The lowest BCUT2D eigenvalue weighted by molar-refractivity contribution is -0.131. The van der Waals surface area contributed by atoms with Crippen molar-refractivity contribution in [3.63, 3.8) is 0 Å². The largest absolute Gasteiger partial charge is 0.356 e. The maximum atomic E-state index is 12.2. The lowest BCUT2D eigenvalue weighted by Gasteiger charge is -2.20. The Balaban J connectivity index is 1.35. The Kier molecular flexibility index (Phi) is 7.27. The first kappa shape index (κ1) is 19.9. The molecule has 27 heavy (non-hydrogen) atoms. The SMILES string of the molecule is Cc1ccccc1CN1CC[C@H](CNC(=O)CCN2CCCCCC2=O)C1. The Labute approximate surface area is 163 Å². The fourth-order valence-electron chi connectivity index (χ4n) is 4.11. The van der Waals surface area contributed by atoms with E-state index >= 15 is 0 Å². The Bertz CT molecular complexity index is 646. The Morgan fingerprint density at radius 2 is 2.04 bits per heavy atom. The molecule has 1 aromatic rings. The van der Waals surface area contributed by atoms with E-state index in [1.165, 1.54) is 11.1 Å². The summed E-state index contributed by atoms with van der Waals surface area (Å²) in [5.41, 5.74) is 2.74. The number of carbonyl (C=O) groups is 2. The topological polar surface area (TPSA) is 52.7 Å². The minimum atomic E-state index is 0.0735. The third kappa shape index (κ3) is 6.06. The van der Waals surface area contributed by atoms with E-state index in [9.17, 15) is 9.59 Å². The van der Waals surface area contributed by atoms with Gasteiger partial charge in [-0.3, -0.25) is 14.5 Å². The fraction of sp³-hybridized carbons (Fsp3) is 0.636. The molecular formula is C22H33N3O2. The molecular weight excluding hydrogens is 338 g/mol. The van der Waals surface area contributed by atoms with Crippen LogP contribution in [0.4, 0.5) is 0 Å². The highest BCUT2D eigenvalue weighted by Gasteiger charge is 2.23. The van der Waals surface area contributed by atoms with Crippen LogP contribution in [0.2, 0.25) is 0 Å². The van der Waals surface area contributed by atoms with Crippen LogP contribution in [0.3, 0.4) is 0 Å². The van der Waals surface area contributed by atoms with Crippen LogP contribution in [0.15, 0.2) is 24.3 Å². The highest BCUT2D eigenvalue weighted by molar-refractivity contribution is 5.79. The average Bonchev–Trinajstić information content (AvgIpc) is 3.01. The number of hydrogen-bond donors (Lipinski definition) is 1. The molecule has 1 N–H and O–H groups in total. The molecule has 2 heterocycles. The zero-order valence-corrected chi connectivity index (χ0v) is 16.6. The maximum Gasteiger partial charge on any atom is 0.222 e. The zero-order chi connectivity index (χ0) is 19.1. The van der Waals surface area contributed by atoms with Crippen molar-refractivity contribution in [2.75, 3.05) is 32.7 Å². The van der Waals surface area contributed by atoms with Crippen LogP contribution < -0.4 is 5.32 Å². The van der Waals surface area contributed by atoms with Crippen molar-refractivity contribution in [1.29, 1.82) is 0 Å². The van der Waals surface area contributed by atoms with E-state index in [0.717, 1.165) is 58.4 Å². The van der Waals surface area contributed by atoms with E-state index in [-0.39, 0.29) is 11.8 Å². The van der Waals surface area contributed by atoms with E-state index in [2.05, 4.69) is 41.4 Å². The number of rotatable bonds is 7. The summed E-state index contributed by atoms with van der Waals surface area (Å²) >= 11 is 0. The normalized spacial score (nSPS) is 21.3. The number of carbonyl (C=O) groups excluding carboxylic acids is 2. The third-order valence-electron chi connectivity index (χ3n) is 5.89. The van der Waals surface area contributed by atoms with Crippen LogP contribution in [0, 0.1) is 12.8 Å². The smallest absolute Gasteiger partial charge is 0.222 e. The van der Waals surface area contributed by atoms with Crippen molar-refractivity contribution in [2.45, 2.75) is 52.0 Å². The van der Waals surface area contributed by atoms with Gasteiger partial charge < -0.3 is 10.2 Å². The molecule has 0 unspecified atom stereocenters. The van der Waals surface area contributed by atoms with E-state index in [0.29, 0.717) is 25.3 Å². The molecule has 148 valence electrons. The molecule has 0 aromatic heterocycles. The molecule has 2 fully saturated rings. The third-order valence-corrected chi connectivity index (χ3v) is 5.89. The number of amides is 2. The van der Waals surface area contributed by atoms with Gasteiger partial charge in [0.05, 0.1) is 0 Å². The molecule has 0 saturated carbocycles. The number of hydrogen-bond acceptors (Lipinski definition) is 3. The average molecular weight is 372 g/mol. The van der Waals surface area contributed by atoms with Gasteiger partial charge in [-0.1, -0.05) is 30.7 Å². The number of aryl methyl sites for hydroxylation is 1. The molecule has 0 spiro atoms. The van der Waals surface area contributed by atoms with Gasteiger partial charge >= 0.3 is 0 Å². The summed E-state index contributed by atoms with van der Waals surface area (Å²) in [6, 6.07) is 8.55. The monoisotopic (exact) mass is 371 g/mol. The van der Waals surface area contributed by atoms with Crippen molar-refractivity contribution in [2.24, 2.45) is 5.92 Å². The summed E-state index contributed by atoms with van der Waals surface area (Å²) in [7, 11) is 0. The molecule has 1 aromatic carbocycles. The van der Waals surface area contributed by atoms with Crippen LogP contribution >= 0.6 is 0 Å². The molecule has 0 bridgehead atoms. The summed E-state index contributed by atoms with van der Waals surface area (Å²) in [5.74, 6) is 0.810. The molecule has 2 aliphatic heterocycles. The van der Waals surface area contributed by atoms with E-state index < -0.39 is 0 Å². The summed E-state index contributed by atoms with van der Waals surface area (Å²) in [5, 5.41) is 3.09. The highest BCUT2D eigenvalue weighted by Crippen LogP contribution is 2.19. The Morgan fingerprint density at radius 1 is 1.19 bits per heavy atom. The maximum absolute atomic E-state index is 12.2. The molecule has 0 aliphatic carbocycles. The number of benzene rings is 1. The summed E-state index contributed by atoms with van der Waals surface area (Å²) in [6.07, 6.45) is 5.37. The number of nitrogens with one attached hydrogen (secondary N) is 1. The van der Waals surface area contributed by atoms with Gasteiger partial charge in [-0.25, -0.2) is 0 Å². The lowest BCUT2D eigenvalue weighted by Crippen LogP contribution is -2.36. The van der Waals surface area contributed by atoms with Crippen LogP contribution in [0.1, 0.15) is 49.7 Å². The molecule has 5 nitrogen and oxygen atoms in total. The highest BCUT2D eigenvalue weighted by atomic mass is 16.2. The van der Waals surface area contributed by atoms with Gasteiger partial charge in [0.2, 0.25) is 11.8 Å². The van der Waals surface area contributed by atoms with Crippen LogP contribution in [0.5, 0.6) is 0 Å². The summed E-state index contributed by atoms with van der Waals surface area (Å²) in [6.45, 7) is 7.41. The van der Waals surface area contributed by atoms with E-state index in [4.69, 9.17) is 0 Å². The predicted octanol–water partition coefficient (Wildman–Crippen LogP) is 2.73. The first-order valence-corrected chi connectivity index (χ1v) is 10.4. The van der Waals surface area contributed by atoms with Gasteiger partial charge in [0.15, 0.2) is 0 Å². The second-order valence-electron chi connectivity index (χ2n) is 8.06. The number of likely N-dealkylation sites (tertiary alicyclic amines) is 2. The lowest BCUT2D eigenvalue weighted by atomic mass is 10.1. The van der Waals surface area contributed by atoms with Crippen molar-refractivity contribution in [1.82, 2.24) is 15.1 Å². The number of nitrogens with zero attached hydrogens (tertiary/aromatic N) is 2. The molecule has 1 atom stereocenters. The van der Waals surface area contributed by atoms with Gasteiger partial charge in [-0.15, -0.1) is 0 Å². The van der Waals surface area contributed by atoms with Crippen LogP contribution in [-0.2, 0) is 16.1 Å². The molecule has 3 rings (SSSR count). The first-order valence-electron chi connectivity index (χ1n) is 10.4. The van der Waals surface area contributed by atoms with Crippen LogP contribution in [-0.4, -0.2) is 54.3 Å². The predicted molar refractivity (Wildman–Crippen MR) is 107 cm³/mol. The van der Waals surface area contributed by atoms with Crippen molar-refractivity contribution >= 4 is 11.8 Å². The second-order valence-corrected chi connectivity index (χ2v) is 8.06. The molecule has 2 saturated heterocycles. The van der Waals surface area contributed by atoms with E-state index in [1.807, 2.05) is 4.90 Å². The molecule has 2 aliphatic rings. The quantitative estimate of drug-likeness (QED) is 0.802. The summed E-state index contributed by atoms with van der Waals surface area (Å²) < 4.78 is 0. The van der Waals surface area contributed by atoms with Gasteiger partial charge in [0.25, 0.3) is 0 Å². The van der Waals surface area contributed by atoms with E-state index in [1.54, 1.807) is 0 Å². The summed E-state index contributed by atoms with van der Waals surface area (Å²) in [4.78, 5) is 28.5. The van der Waals surface area contributed by atoms with Crippen molar-refractivity contribution in [3.8, 4) is 0 Å². The molecule has 0 radical (unpaired) electrons. The first-order chi connectivity index (χ1) is 13.1. The minimum absolute atomic E-state index is 0.0735. The van der Waals surface area contributed by atoms with Crippen molar-refractivity contribution < 1.29 is 9.59 Å². The van der Waals surface area contributed by atoms with Crippen LogP contribution in [0.25, 0.3) is 0 Å². The Morgan fingerprint density at radius 3 is 2.89 bits per heavy atom. The minimum Gasteiger partial charge on any atom is -0.356 e. The van der Waals surface area contributed by atoms with Gasteiger partial charge in [-0.05, 0) is 49.8 Å². The zero-order valence-electron chi connectivity index (χ0n) is 16.6. The molecule has 2 amide bonds. The van der Waals surface area contributed by atoms with Gasteiger partial charge in [-0.2, -0.15) is 0 Å². The second kappa shape index (κ2) is 9.88. The fourth-order valence-corrected chi connectivity index (χ4v) is 4.11. The van der Waals surface area contributed by atoms with Gasteiger partial charge in [0.1, 0.15) is 0 Å². The molecule has 5 heteroatoms. The Hall–Kier alpha value is -1.88. The van der Waals surface area contributed by atoms with Crippen molar-refractivity contribution in [3.05, 3.63) is 35.4 Å². The van der Waals surface area contributed by atoms with Gasteiger partial charge in [0, 0.05) is 45.6 Å².